The molecule has 4 aromatic rings. The van der Waals surface area contributed by atoms with Crippen molar-refractivity contribution in [2.75, 3.05) is 17.7 Å². The number of rotatable bonds is 26. The minimum Gasteiger partial charge on any atom is -0.493 e. The maximum absolute atomic E-state index is 11.5. The number of allylic oxidation sites excluding steroid dienone is 12. The Hall–Kier alpha value is -9.52. The van der Waals surface area contributed by atoms with Crippen molar-refractivity contribution in [2.45, 2.75) is 20.3 Å². The molecule has 0 aliphatic heterocycles. The Morgan fingerprint density at radius 1 is 0.817 bits per heavy atom. The Kier molecular flexibility index (Phi) is 20.4. The van der Waals surface area contributed by atoms with E-state index in [0.29, 0.717) is 34.0 Å². The van der Waals surface area contributed by atoms with Crippen LogP contribution >= 0.6 is 0 Å². The third kappa shape index (κ3) is 15.2. The van der Waals surface area contributed by atoms with Crippen LogP contribution in [0.2, 0.25) is 0 Å². The molecular weight excluding hydrogens is 923 g/mol. The molecule has 0 atom stereocenters. The lowest BCUT2D eigenvalue weighted by molar-refractivity contribution is 0.317. The van der Waals surface area contributed by atoms with Crippen molar-refractivity contribution in [2.24, 2.45) is 40.9 Å². The van der Waals surface area contributed by atoms with E-state index in [1.165, 1.54) is 59.6 Å². The molecular formula is C50H49N15O5S. The number of azo groups is 4. The molecule has 0 radical (unpaired) electrons. The fraction of sp³-hybridized carbons (Fsp3) is 0.100. The number of imidazole rings is 1. The van der Waals surface area contributed by atoms with Gasteiger partial charge >= 0.3 is 0 Å². The lowest BCUT2D eigenvalue weighted by Gasteiger charge is -2.12. The monoisotopic (exact) mass is 971 g/mol. The molecule has 3 heterocycles. The third-order valence-electron chi connectivity index (χ3n) is 9.26. The number of fused-ring (bicyclic) bond motifs is 1. The highest BCUT2D eigenvalue weighted by atomic mass is 32.2. The molecule has 360 valence electrons. The predicted octanol–water partition coefficient (Wildman–Crippen LogP) is 12.6. The molecule has 3 aromatic heterocycles. The van der Waals surface area contributed by atoms with E-state index in [-0.39, 0.29) is 81.5 Å². The lowest BCUT2D eigenvalue weighted by Crippen LogP contribution is -2.08. The van der Waals surface area contributed by atoms with Crippen molar-refractivity contribution in [3.63, 3.8) is 0 Å². The number of aromatic hydroxyl groups is 1. The molecule has 20 nitrogen and oxygen atoms in total. The van der Waals surface area contributed by atoms with Gasteiger partial charge in [-0.05, 0) is 98.7 Å². The molecule has 1 aromatic carbocycles. The van der Waals surface area contributed by atoms with Gasteiger partial charge in [0.2, 0.25) is 11.8 Å². The Morgan fingerprint density at radius 3 is 2.04 bits per heavy atom. The summed E-state index contributed by atoms with van der Waals surface area (Å²) in [7, 11) is -4.29. The zero-order valence-electron chi connectivity index (χ0n) is 39.0. The van der Waals surface area contributed by atoms with Crippen LogP contribution in [0.25, 0.3) is 17.8 Å². The largest absolute Gasteiger partial charge is 0.493 e. The molecule has 0 saturated heterocycles. The van der Waals surface area contributed by atoms with Crippen molar-refractivity contribution in [3.05, 3.63) is 213 Å². The van der Waals surface area contributed by atoms with Crippen molar-refractivity contribution in [1.82, 2.24) is 24.3 Å². The highest BCUT2D eigenvalue weighted by Crippen LogP contribution is 2.41. The number of aryl methyl sites for hydroxylation is 1. The average molecular weight is 972 g/mol. The zero-order chi connectivity index (χ0) is 51.9. The molecule has 4 rings (SSSR count). The number of benzene rings is 1. The third-order valence-corrected chi connectivity index (χ3v) is 10.1. The van der Waals surface area contributed by atoms with E-state index in [9.17, 15) is 23.3 Å². The molecule has 0 unspecified atom stereocenters. The molecule has 0 amide bonds. The molecule has 0 bridgehead atoms. The number of nitrogens with zero attached hydrogens (tertiary/aromatic N) is 14. The van der Waals surface area contributed by atoms with Gasteiger partial charge in [-0.15, -0.1) is 15.3 Å². The van der Waals surface area contributed by atoms with Gasteiger partial charge in [0.15, 0.2) is 11.3 Å². The molecule has 0 fully saturated rings. The maximum atomic E-state index is 11.5. The number of hydrogen-bond acceptors (Lipinski definition) is 18. The lowest BCUT2D eigenvalue weighted by atomic mass is 10.1. The Balaban J connectivity index is 1.80. The van der Waals surface area contributed by atoms with Crippen LogP contribution in [0.1, 0.15) is 34.5 Å². The minimum absolute atomic E-state index is 0.0458. The number of ether oxygens (including phenoxy) is 1. The van der Waals surface area contributed by atoms with Crippen molar-refractivity contribution >= 4 is 50.9 Å². The quantitative estimate of drug-likeness (QED) is 0.0230. The van der Waals surface area contributed by atoms with Crippen LogP contribution in [-0.2, 0) is 10.1 Å². The van der Waals surface area contributed by atoms with E-state index >= 15 is 0 Å². The highest BCUT2D eigenvalue weighted by Gasteiger charge is 2.22. The second-order valence-electron chi connectivity index (χ2n) is 14.0. The first-order chi connectivity index (χ1) is 34.2. The predicted molar refractivity (Wildman–Crippen MR) is 276 cm³/mol. The number of pyridine rings is 1. The van der Waals surface area contributed by atoms with Crippen molar-refractivity contribution in [3.8, 4) is 17.7 Å². The van der Waals surface area contributed by atoms with E-state index < -0.39 is 15.9 Å². The average Bonchev–Trinajstić information content (AvgIpc) is 3.74. The first-order valence-electron chi connectivity index (χ1n) is 20.9. The summed E-state index contributed by atoms with van der Waals surface area (Å²) in [5, 5.41) is 59.4. The van der Waals surface area contributed by atoms with Gasteiger partial charge in [-0.3, -0.25) is 8.95 Å². The Morgan fingerprint density at radius 2 is 1.46 bits per heavy atom. The summed E-state index contributed by atoms with van der Waals surface area (Å²) in [5.41, 5.74) is 4.18. The number of aromatic nitrogens is 5. The molecule has 21 heteroatoms. The van der Waals surface area contributed by atoms with Gasteiger partial charge in [-0.2, -0.15) is 39.3 Å². The van der Waals surface area contributed by atoms with Gasteiger partial charge < -0.3 is 15.2 Å². The molecule has 0 spiro atoms. The number of nitrogens with one attached hydrogen (secondary N) is 1. The standard InChI is InChI=1S/C50H49N15O5S/c1-11-19-20-22-35(12-2)57-58-36(13-3)23-24-37(14-4)59-61-40(16-6)43(56-50-53-31-52-32-54-50)28-38(15-5)60-62-42-29-46(70-25-21-26-71(67,68)69)44(27-33(42)9)63-64-47-34(10)39(30-51)48-55-41(17-7)45(18-8)65(48)49(47)66/h11-20,22-24,27-29,31-32,66H,1-8,21,25-26H2,9-10H3,(H,67,68,69)(H,52,53,54,56)/b20-19-,35-22+,36-23+,37-24+,38-28+,43-40-,58-57?,61-59?,62-60?,64-63?. The normalized spacial score (nSPS) is 13.2. The van der Waals surface area contributed by atoms with Gasteiger partial charge in [0, 0.05) is 11.6 Å². The minimum atomic E-state index is -4.29. The number of anilines is 1. The summed E-state index contributed by atoms with van der Waals surface area (Å²) in [4.78, 5) is 16.6. The van der Waals surface area contributed by atoms with E-state index in [0.717, 1.165) is 0 Å². The van der Waals surface area contributed by atoms with Gasteiger partial charge in [-0.1, -0.05) is 70.9 Å². The summed E-state index contributed by atoms with van der Waals surface area (Å²) >= 11 is 0. The first-order valence-corrected chi connectivity index (χ1v) is 22.5. The summed E-state index contributed by atoms with van der Waals surface area (Å²) in [6.45, 7) is 33.6. The zero-order valence-corrected chi connectivity index (χ0v) is 39.8. The van der Waals surface area contributed by atoms with Crippen LogP contribution in [0.4, 0.5) is 23.0 Å². The smallest absolute Gasteiger partial charge is 0.264 e. The van der Waals surface area contributed by atoms with Gasteiger partial charge in [0.25, 0.3) is 10.1 Å². The van der Waals surface area contributed by atoms with Crippen LogP contribution in [0, 0.1) is 25.2 Å². The van der Waals surface area contributed by atoms with Crippen LogP contribution in [0.15, 0.2) is 225 Å². The summed E-state index contributed by atoms with van der Waals surface area (Å²) in [5.74, 6) is -0.707. The molecule has 71 heavy (non-hydrogen) atoms. The van der Waals surface area contributed by atoms with Gasteiger partial charge in [0.1, 0.15) is 41.4 Å². The van der Waals surface area contributed by atoms with E-state index in [1.807, 2.05) is 0 Å². The second-order valence-corrected chi connectivity index (χ2v) is 15.6. The fourth-order valence-electron chi connectivity index (χ4n) is 5.73. The van der Waals surface area contributed by atoms with Crippen LogP contribution in [0.5, 0.6) is 11.6 Å². The van der Waals surface area contributed by atoms with Crippen molar-refractivity contribution in [1.29, 1.82) is 5.26 Å². The van der Waals surface area contributed by atoms with Crippen LogP contribution in [0.3, 0.4) is 0 Å². The van der Waals surface area contributed by atoms with Gasteiger partial charge in [-0.25, -0.2) is 19.9 Å². The molecule has 3 N–H and O–H groups in total. The Labute approximate surface area is 411 Å². The Bertz CT molecular complexity index is 3230. The summed E-state index contributed by atoms with van der Waals surface area (Å²) in [6.07, 6.45) is 24.4. The SMILES string of the molecule is C=C/C=C\C=C(/C=C)N=N/C(C=C)=C/C=C(\C=C)N=N/C(C=C)=C(/C=C(\C=C)N=Nc1cc(OCCCS(=O)(=O)O)c(N=Nc2c(C)c(C#N)c3nc(C=C)c(C=C)n3c2O)cc1C)Nc1ncncn1. The molecule has 0 aliphatic rings. The fourth-order valence-corrected chi connectivity index (χ4v) is 6.21. The van der Waals surface area contributed by atoms with E-state index in [2.05, 4.69) is 125 Å². The van der Waals surface area contributed by atoms with E-state index in [4.69, 9.17) is 4.74 Å². The summed E-state index contributed by atoms with van der Waals surface area (Å²) in [6, 6.07) is 5.19. The maximum Gasteiger partial charge on any atom is 0.264 e. The second kappa shape index (κ2) is 26.7. The van der Waals surface area contributed by atoms with Crippen molar-refractivity contribution < 1.29 is 22.8 Å². The van der Waals surface area contributed by atoms with Crippen LogP contribution < -0.4 is 10.1 Å². The van der Waals surface area contributed by atoms with Gasteiger partial charge in [0.05, 0.1) is 57.9 Å². The first kappa shape index (κ1) is 54.1. The topological polar surface area (TPSA) is 274 Å². The summed E-state index contributed by atoms with van der Waals surface area (Å²) < 4.78 is 39.6. The van der Waals surface area contributed by atoms with E-state index in [1.54, 1.807) is 68.5 Å². The number of nitriles is 1. The molecule has 0 aliphatic carbocycles. The van der Waals surface area contributed by atoms with Crippen LogP contribution in [-0.4, -0.2) is 54.8 Å². The highest BCUT2D eigenvalue weighted by molar-refractivity contribution is 7.85. The number of hydrogen-bond donors (Lipinski definition) is 3. The molecule has 0 saturated carbocycles.